The number of rotatable bonds is 5. The van der Waals surface area contributed by atoms with E-state index in [0.717, 1.165) is 6.26 Å². The molecule has 2 amide bonds. The van der Waals surface area contributed by atoms with Gasteiger partial charge in [-0.05, 0) is 30.3 Å². The van der Waals surface area contributed by atoms with Crippen molar-refractivity contribution in [2.45, 2.75) is 6.92 Å². The summed E-state index contributed by atoms with van der Waals surface area (Å²) in [5, 5.41) is 5.16. The number of carbonyl (C=O) groups excluding carboxylic acids is 2. The molecule has 8 nitrogen and oxygen atoms in total. The lowest BCUT2D eigenvalue weighted by Gasteiger charge is -2.13. The highest BCUT2D eigenvalue weighted by atomic mass is 32.2. The fourth-order valence-electron chi connectivity index (χ4n) is 1.94. The van der Waals surface area contributed by atoms with Crippen LogP contribution in [0.3, 0.4) is 0 Å². The lowest BCUT2D eigenvalue weighted by molar-refractivity contribution is -0.114. The van der Waals surface area contributed by atoms with Gasteiger partial charge in [-0.25, -0.2) is 8.42 Å². The van der Waals surface area contributed by atoms with Gasteiger partial charge in [-0.2, -0.15) is 0 Å². The minimum atomic E-state index is -3.57. The maximum atomic E-state index is 12.5. The molecule has 0 aliphatic carbocycles. The standard InChI is InChI=1S/C15H16N4O4S/c1-10(20)17-11-5-6-14(19-24(2,22)23)13(8-11)15(21)18-12-4-3-7-16-9-12/h3-9,19H,1-2H3,(H,17,20)(H,18,21). The second-order valence-electron chi connectivity index (χ2n) is 5.01. The molecule has 0 saturated heterocycles. The Morgan fingerprint density at radius 2 is 1.83 bits per heavy atom. The summed E-state index contributed by atoms with van der Waals surface area (Å²) in [6, 6.07) is 7.59. The van der Waals surface area contributed by atoms with Crippen LogP contribution in [0.1, 0.15) is 17.3 Å². The highest BCUT2D eigenvalue weighted by Crippen LogP contribution is 2.23. The molecule has 0 unspecified atom stereocenters. The van der Waals surface area contributed by atoms with Crippen LogP contribution in [-0.4, -0.2) is 31.5 Å². The first-order valence-corrected chi connectivity index (χ1v) is 8.74. The van der Waals surface area contributed by atoms with Crippen LogP contribution in [-0.2, 0) is 14.8 Å². The van der Waals surface area contributed by atoms with Crippen molar-refractivity contribution in [3.8, 4) is 0 Å². The van der Waals surface area contributed by atoms with Crippen LogP contribution in [0, 0.1) is 0 Å². The van der Waals surface area contributed by atoms with Crippen molar-refractivity contribution >= 4 is 38.9 Å². The van der Waals surface area contributed by atoms with E-state index in [-0.39, 0.29) is 17.2 Å². The summed E-state index contributed by atoms with van der Waals surface area (Å²) in [4.78, 5) is 27.5. The molecule has 3 N–H and O–H groups in total. The van der Waals surface area contributed by atoms with E-state index >= 15 is 0 Å². The van der Waals surface area contributed by atoms with Gasteiger partial charge in [0.15, 0.2) is 0 Å². The minimum absolute atomic E-state index is 0.0653. The molecule has 0 atom stereocenters. The van der Waals surface area contributed by atoms with Crippen molar-refractivity contribution in [3.05, 3.63) is 48.3 Å². The average Bonchev–Trinajstić information content (AvgIpc) is 2.48. The van der Waals surface area contributed by atoms with Crippen LogP contribution in [0.4, 0.5) is 17.1 Å². The lowest BCUT2D eigenvalue weighted by atomic mass is 10.1. The fourth-order valence-corrected chi connectivity index (χ4v) is 2.51. The summed E-state index contributed by atoms with van der Waals surface area (Å²) in [6.45, 7) is 1.33. The number of benzene rings is 1. The van der Waals surface area contributed by atoms with Crippen LogP contribution in [0.25, 0.3) is 0 Å². The average molecular weight is 348 g/mol. The molecule has 1 aromatic heterocycles. The van der Waals surface area contributed by atoms with Crippen LogP contribution in [0.2, 0.25) is 0 Å². The van der Waals surface area contributed by atoms with Crippen LogP contribution >= 0.6 is 0 Å². The highest BCUT2D eigenvalue weighted by Gasteiger charge is 2.16. The fraction of sp³-hybridized carbons (Fsp3) is 0.133. The Morgan fingerprint density at radius 1 is 1.08 bits per heavy atom. The van der Waals surface area contributed by atoms with Gasteiger partial charge in [0.25, 0.3) is 5.91 Å². The Labute approximate surface area is 139 Å². The number of hydrogen-bond acceptors (Lipinski definition) is 5. The van der Waals surface area contributed by atoms with Gasteiger partial charge in [0, 0.05) is 18.8 Å². The van der Waals surface area contributed by atoms with Gasteiger partial charge in [-0.1, -0.05) is 0 Å². The third-order valence-corrected chi connectivity index (χ3v) is 3.39. The van der Waals surface area contributed by atoms with Crippen molar-refractivity contribution in [2.75, 3.05) is 21.6 Å². The number of amides is 2. The zero-order valence-electron chi connectivity index (χ0n) is 13.0. The molecule has 0 fully saturated rings. The predicted molar refractivity (Wildman–Crippen MR) is 91.4 cm³/mol. The highest BCUT2D eigenvalue weighted by molar-refractivity contribution is 7.92. The summed E-state index contributed by atoms with van der Waals surface area (Å²) < 4.78 is 25.2. The van der Waals surface area contributed by atoms with Crippen LogP contribution < -0.4 is 15.4 Å². The molecule has 1 aromatic carbocycles. The third kappa shape index (κ3) is 5.06. The Morgan fingerprint density at radius 3 is 2.42 bits per heavy atom. The molecule has 0 radical (unpaired) electrons. The molecule has 126 valence electrons. The maximum absolute atomic E-state index is 12.5. The largest absolute Gasteiger partial charge is 0.326 e. The molecule has 0 aliphatic heterocycles. The van der Waals surface area contributed by atoms with Gasteiger partial charge in [-0.3, -0.25) is 19.3 Å². The predicted octanol–water partition coefficient (Wildman–Crippen LogP) is 1.66. The number of sulfonamides is 1. The number of hydrogen-bond donors (Lipinski definition) is 3. The van der Waals surface area contributed by atoms with E-state index < -0.39 is 15.9 Å². The van der Waals surface area contributed by atoms with Crippen LogP contribution in [0.15, 0.2) is 42.7 Å². The summed E-state index contributed by atoms with van der Waals surface area (Å²) in [5.41, 5.74) is 0.999. The topological polar surface area (TPSA) is 117 Å². The van der Waals surface area contributed by atoms with Crippen molar-refractivity contribution in [1.82, 2.24) is 4.98 Å². The molecule has 1 heterocycles. The number of carbonyl (C=O) groups is 2. The van der Waals surface area contributed by atoms with Gasteiger partial charge in [0.2, 0.25) is 15.9 Å². The molecule has 0 bridgehead atoms. The first kappa shape index (κ1) is 17.4. The smallest absolute Gasteiger partial charge is 0.257 e. The van der Waals surface area contributed by atoms with E-state index in [9.17, 15) is 18.0 Å². The number of aromatic nitrogens is 1. The number of nitrogens with one attached hydrogen (secondary N) is 3. The van der Waals surface area contributed by atoms with Gasteiger partial charge in [-0.15, -0.1) is 0 Å². The summed E-state index contributed by atoms with van der Waals surface area (Å²) in [5.74, 6) is -0.848. The minimum Gasteiger partial charge on any atom is -0.326 e. The van der Waals surface area contributed by atoms with E-state index in [1.54, 1.807) is 18.3 Å². The second kappa shape index (κ2) is 7.09. The molecular weight excluding hydrogens is 332 g/mol. The van der Waals surface area contributed by atoms with E-state index in [0.29, 0.717) is 11.4 Å². The van der Waals surface area contributed by atoms with Crippen LogP contribution in [0.5, 0.6) is 0 Å². The Balaban J connectivity index is 2.38. The van der Waals surface area contributed by atoms with Gasteiger partial charge >= 0.3 is 0 Å². The van der Waals surface area contributed by atoms with Crippen molar-refractivity contribution in [3.63, 3.8) is 0 Å². The van der Waals surface area contributed by atoms with Gasteiger partial charge < -0.3 is 10.6 Å². The maximum Gasteiger partial charge on any atom is 0.257 e. The van der Waals surface area contributed by atoms with Gasteiger partial charge in [0.05, 0.1) is 29.4 Å². The van der Waals surface area contributed by atoms with Crippen molar-refractivity contribution < 1.29 is 18.0 Å². The van der Waals surface area contributed by atoms with Gasteiger partial charge in [0.1, 0.15) is 0 Å². The van der Waals surface area contributed by atoms with Crippen molar-refractivity contribution in [1.29, 1.82) is 0 Å². The first-order valence-electron chi connectivity index (χ1n) is 6.85. The Hall–Kier alpha value is -2.94. The number of pyridine rings is 1. The Kier molecular flexibility index (Phi) is 5.14. The summed E-state index contributed by atoms with van der Waals surface area (Å²) >= 11 is 0. The number of anilines is 3. The quantitative estimate of drug-likeness (QED) is 0.760. The monoisotopic (exact) mass is 348 g/mol. The van der Waals surface area contributed by atoms with E-state index in [4.69, 9.17) is 0 Å². The molecule has 0 saturated carbocycles. The molecule has 2 aromatic rings. The molecule has 0 aliphatic rings. The number of nitrogens with zero attached hydrogens (tertiary/aromatic N) is 1. The third-order valence-electron chi connectivity index (χ3n) is 2.80. The molecule has 0 spiro atoms. The summed E-state index contributed by atoms with van der Waals surface area (Å²) in [7, 11) is -3.57. The molecule has 24 heavy (non-hydrogen) atoms. The van der Waals surface area contributed by atoms with E-state index in [1.165, 1.54) is 31.3 Å². The molecular formula is C15H16N4O4S. The first-order chi connectivity index (χ1) is 11.2. The van der Waals surface area contributed by atoms with Crippen molar-refractivity contribution in [2.24, 2.45) is 0 Å². The van der Waals surface area contributed by atoms with E-state index in [2.05, 4.69) is 20.3 Å². The normalized spacial score (nSPS) is 10.8. The SMILES string of the molecule is CC(=O)Nc1ccc(NS(C)(=O)=O)c(C(=O)Nc2cccnc2)c1. The zero-order valence-corrected chi connectivity index (χ0v) is 13.8. The molecule has 9 heteroatoms. The second-order valence-corrected chi connectivity index (χ2v) is 6.76. The lowest BCUT2D eigenvalue weighted by Crippen LogP contribution is -2.18. The zero-order chi connectivity index (χ0) is 17.7. The summed E-state index contributed by atoms with van der Waals surface area (Å²) in [6.07, 6.45) is 4.00. The Bertz CT molecular complexity index is 866. The molecule has 2 rings (SSSR count). The van der Waals surface area contributed by atoms with E-state index in [1.807, 2.05) is 0 Å².